The van der Waals surface area contributed by atoms with Gasteiger partial charge in [0.05, 0.1) is 24.0 Å². The van der Waals surface area contributed by atoms with Crippen molar-refractivity contribution in [2.75, 3.05) is 26.0 Å². The molecule has 184 valence electrons. The van der Waals surface area contributed by atoms with E-state index in [-0.39, 0.29) is 17.3 Å². The number of anilines is 2. The number of hydrogen-bond donors (Lipinski definition) is 1. The predicted molar refractivity (Wildman–Crippen MR) is 140 cm³/mol. The van der Waals surface area contributed by atoms with Gasteiger partial charge in [0.25, 0.3) is 11.5 Å². The lowest BCUT2D eigenvalue weighted by atomic mass is 10.1. The standard InChI is InChI=1S/C27H25ClN4O4/c1-4-31(2)26(33)18-9-7-10-19(15-18)30-25-24(36-21-12-8-11-20(16-21)35-3)17-29-32(27(25)34)23-14-6-5-13-22(23)28/h5-17,30H,4H2,1-3H3. The minimum absolute atomic E-state index is 0.126. The van der Waals surface area contributed by atoms with Crippen LogP contribution in [-0.4, -0.2) is 41.3 Å². The van der Waals surface area contributed by atoms with E-state index < -0.39 is 5.56 Å². The van der Waals surface area contributed by atoms with Gasteiger partial charge in [0.15, 0.2) is 11.4 Å². The Morgan fingerprint density at radius 2 is 1.81 bits per heavy atom. The van der Waals surface area contributed by atoms with E-state index in [1.54, 1.807) is 91.9 Å². The van der Waals surface area contributed by atoms with Crippen molar-refractivity contribution < 1.29 is 14.3 Å². The van der Waals surface area contributed by atoms with E-state index >= 15 is 0 Å². The van der Waals surface area contributed by atoms with Gasteiger partial charge in [-0.1, -0.05) is 35.9 Å². The molecule has 0 saturated carbocycles. The summed E-state index contributed by atoms with van der Waals surface area (Å²) in [6, 6.07) is 20.8. The fourth-order valence-corrected chi connectivity index (χ4v) is 3.67. The third-order valence-electron chi connectivity index (χ3n) is 5.49. The highest BCUT2D eigenvalue weighted by Crippen LogP contribution is 2.31. The number of halogens is 1. The van der Waals surface area contributed by atoms with Crippen LogP contribution in [0.5, 0.6) is 17.2 Å². The maximum Gasteiger partial charge on any atom is 0.299 e. The molecule has 8 nitrogen and oxygen atoms in total. The number of nitrogens with zero attached hydrogens (tertiary/aromatic N) is 3. The zero-order chi connectivity index (χ0) is 25.7. The highest BCUT2D eigenvalue weighted by atomic mass is 35.5. The SMILES string of the molecule is CCN(C)C(=O)c1cccc(Nc2c(Oc3cccc(OC)c3)cnn(-c3ccccc3Cl)c2=O)c1. The molecule has 1 N–H and O–H groups in total. The number of benzene rings is 3. The maximum absolute atomic E-state index is 13.6. The van der Waals surface area contributed by atoms with Crippen LogP contribution >= 0.6 is 11.6 Å². The highest BCUT2D eigenvalue weighted by molar-refractivity contribution is 6.32. The van der Waals surface area contributed by atoms with Crippen LogP contribution in [0.1, 0.15) is 17.3 Å². The number of hydrogen-bond acceptors (Lipinski definition) is 6. The van der Waals surface area contributed by atoms with Crippen LogP contribution < -0.4 is 20.3 Å². The molecular formula is C27H25ClN4O4. The van der Waals surface area contributed by atoms with Crippen molar-refractivity contribution in [1.29, 1.82) is 0 Å². The van der Waals surface area contributed by atoms with Crippen LogP contribution in [0.15, 0.2) is 83.8 Å². The molecule has 4 aromatic rings. The molecule has 0 aliphatic rings. The van der Waals surface area contributed by atoms with Gasteiger partial charge in [-0.15, -0.1) is 0 Å². The first kappa shape index (κ1) is 24.8. The Hall–Kier alpha value is -4.30. The van der Waals surface area contributed by atoms with Gasteiger partial charge in [0.1, 0.15) is 11.5 Å². The molecule has 0 bridgehead atoms. The van der Waals surface area contributed by atoms with Gasteiger partial charge in [0, 0.05) is 30.9 Å². The second-order valence-electron chi connectivity index (χ2n) is 7.86. The van der Waals surface area contributed by atoms with Crippen LogP contribution in [0.2, 0.25) is 5.02 Å². The number of carbonyl (C=O) groups is 1. The normalized spacial score (nSPS) is 10.6. The van der Waals surface area contributed by atoms with Gasteiger partial charge in [-0.2, -0.15) is 9.78 Å². The van der Waals surface area contributed by atoms with E-state index in [4.69, 9.17) is 21.1 Å². The van der Waals surface area contributed by atoms with Crippen LogP contribution in [0.25, 0.3) is 5.69 Å². The fraction of sp³-hybridized carbons (Fsp3) is 0.148. The Kier molecular flexibility index (Phi) is 7.56. The molecule has 4 rings (SSSR count). The maximum atomic E-state index is 13.6. The number of carbonyl (C=O) groups excluding carboxylic acids is 1. The predicted octanol–water partition coefficient (Wildman–Crippen LogP) is 5.52. The monoisotopic (exact) mass is 504 g/mol. The first-order chi connectivity index (χ1) is 17.4. The molecule has 0 unspecified atom stereocenters. The van der Waals surface area contributed by atoms with Gasteiger partial charge in [0.2, 0.25) is 0 Å². The molecule has 0 aliphatic carbocycles. The minimum Gasteiger partial charge on any atom is -0.497 e. The zero-order valence-electron chi connectivity index (χ0n) is 20.1. The molecule has 3 aromatic carbocycles. The number of ether oxygens (including phenoxy) is 2. The van der Waals surface area contributed by atoms with Gasteiger partial charge in [-0.3, -0.25) is 9.59 Å². The second-order valence-corrected chi connectivity index (χ2v) is 8.27. The molecule has 0 aliphatic heterocycles. The molecule has 0 atom stereocenters. The summed E-state index contributed by atoms with van der Waals surface area (Å²) in [6.45, 7) is 2.47. The Labute approximate surface area is 213 Å². The summed E-state index contributed by atoms with van der Waals surface area (Å²) in [5.41, 5.74) is 1.09. The van der Waals surface area contributed by atoms with Gasteiger partial charge in [-0.05, 0) is 49.4 Å². The molecule has 1 amide bonds. The van der Waals surface area contributed by atoms with Crippen molar-refractivity contribution in [2.45, 2.75) is 6.92 Å². The largest absolute Gasteiger partial charge is 0.497 e. The summed E-state index contributed by atoms with van der Waals surface area (Å²) in [4.78, 5) is 27.9. The summed E-state index contributed by atoms with van der Waals surface area (Å²) in [7, 11) is 3.29. The molecule has 0 radical (unpaired) electrons. The highest BCUT2D eigenvalue weighted by Gasteiger charge is 2.18. The quantitative estimate of drug-likeness (QED) is 0.340. The van der Waals surface area contributed by atoms with Crippen LogP contribution in [0.3, 0.4) is 0 Å². The van der Waals surface area contributed by atoms with E-state index in [0.29, 0.717) is 40.0 Å². The molecule has 0 spiro atoms. The van der Waals surface area contributed by atoms with E-state index in [1.807, 2.05) is 6.92 Å². The Balaban J connectivity index is 1.80. The van der Waals surface area contributed by atoms with Gasteiger partial charge < -0.3 is 19.7 Å². The van der Waals surface area contributed by atoms with Crippen molar-refractivity contribution in [2.24, 2.45) is 0 Å². The van der Waals surface area contributed by atoms with E-state index in [1.165, 1.54) is 10.9 Å². The first-order valence-electron chi connectivity index (χ1n) is 11.2. The van der Waals surface area contributed by atoms with Crippen LogP contribution in [0, 0.1) is 0 Å². The van der Waals surface area contributed by atoms with Gasteiger partial charge in [-0.25, -0.2) is 0 Å². The molecule has 36 heavy (non-hydrogen) atoms. The molecule has 1 aromatic heterocycles. The molecule has 9 heteroatoms. The topological polar surface area (TPSA) is 85.7 Å². The lowest BCUT2D eigenvalue weighted by molar-refractivity contribution is 0.0802. The Morgan fingerprint density at radius 3 is 2.56 bits per heavy atom. The average Bonchev–Trinajstić information content (AvgIpc) is 2.90. The lowest BCUT2D eigenvalue weighted by Crippen LogP contribution is -2.26. The van der Waals surface area contributed by atoms with Crippen molar-refractivity contribution in [3.05, 3.63) is 99.9 Å². The number of rotatable bonds is 8. The van der Waals surface area contributed by atoms with Crippen LogP contribution in [-0.2, 0) is 0 Å². The van der Waals surface area contributed by atoms with Crippen molar-refractivity contribution in [1.82, 2.24) is 14.7 Å². The van der Waals surface area contributed by atoms with E-state index in [2.05, 4.69) is 10.4 Å². The van der Waals surface area contributed by atoms with E-state index in [0.717, 1.165) is 0 Å². The molecule has 0 saturated heterocycles. The van der Waals surface area contributed by atoms with E-state index in [9.17, 15) is 9.59 Å². The number of para-hydroxylation sites is 1. The summed E-state index contributed by atoms with van der Waals surface area (Å²) in [5, 5.41) is 7.79. The lowest BCUT2D eigenvalue weighted by Gasteiger charge is -2.17. The van der Waals surface area contributed by atoms with Crippen molar-refractivity contribution in [3.8, 4) is 22.9 Å². The number of aromatic nitrogens is 2. The number of nitrogens with one attached hydrogen (secondary N) is 1. The summed E-state index contributed by atoms with van der Waals surface area (Å²) in [6.07, 6.45) is 1.44. The van der Waals surface area contributed by atoms with Crippen LogP contribution in [0.4, 0.5) is 11.4 Å². The average molecular weight is 505 g/mol. The second kappa shape index (κ2) is 11.0. The fourth-order valence-electron chi connectivity index (χ4n) is 3.46. The van der Waals surface area contributed by atoms with Crippen molar-refractivity contribution >= 4 is 28.9 Å². The number of amides is 1. The van der Waals surface area contributed by atoms with Crippen molar-refractivity contribution in [3.63, 3.8) is 0 Å². The minimum atomic E-state index is -0.481. The third-order valence-corrected chi connectivity index (χ3v) is 5.81. The molecule has 0 fully saturated rings. The zero-order valence-corrected chi connectivity index (χ0v) is 20.8. The summed E-state index contributed by atoms with van der Waals surface area (Å²) in [5.74, 6) is 1.13. The molecule has 1 heterocycles. The Morgan fingerprint density at radius 1 is 1.06 bits per heavy atom. The third kappa shape index (κ3) is 5.34. The molecular weight excluding hydrogens is 480 g/mol. The van der Waals surface area contributed by atoms with Gasteiger partial charge >= 0.3 is 0 Å². The smallest absolute Gasteiger partial charge is 0.299 e. The summed E-state index contributed by atoms with van der Waals surface area (Å²) < 4.78 is 12.5. The first-order valence-corrected chi connectivity index (χ1v) is 11.6. The number of methoxy groups -OCH3 is 1. The Bertz CT molecular complexity index is 1450. The summed E-state index contributed by atoms with van der Waals surface area (Å²) >= 11 is 6.34.